The molecule has 7 nitrogen and oxygen atoms in total. The average molecular weight is 434 g/mol. The Hall–Kier alpha value is -2.87. The highest BCUT2D eigenvalue weighted by molar-refractivity contribution is 6.31. The third-order valence-corrected chi connectivity index (χ3v) is 4.80. The van der Waals surface area contributed by atoms with Gasteiger partial charge in [0, 0.05) is 29.7 Å². The number of rotatable bonds is 11. The second kappa shape index (κ2) is 10.8. The number of ether oxygens (including phenoxy) is 2. The van der Waals surface area contributed by atoms with Crippen molar-refractivity contribution in [3.63, 3.8) is 0 Å². The fourth-order valence-electron chi connectivity index (χ4n) is 2.83. The molecule has 3 rings (SSSR count). The van der Waals surface area contributed by atoms with Crippen molar-refractivity contribution in [3.05, 3.63) is 58.4 Å². The largest absolute Gasteiger partial charge is 0.490 e. The van der Waals surface area contributed by atoms with E-state index in [0.29, 0.717) is 41.2 Å². The standard InChI is InChI=1S/C21H25ClFN5O2/c1-3-5-10-28-21(25-26-27-28)24-13-16-11-19(29-4-2)20(12-17(16)22)30-14-15-8-6-7-9-18(15)23/h6-9,11-12H,3-5,10,13-14H2,1-2H3,(H,24,25,27). The first kappa shape index (κ1) is 21.8. The zero-order chi connectivity index (χ0) is 21.3. The fraction of sp³-hybridized carbons (Fsp3) is 0.381. The van der Waals surface area contributed by atoms with Gasteiger partial charge < -0.3 is 14.8 Å². The Morgan fingerprint density at radius 1 is 1.10 bits per heavy atom. The molecule has 0 aliphatic heterocycles. The van der Waals surface area contributed by atoms with Crippen LogP contribution in [0.2, 0.25) is 5.02 Å². The van der Waals surface area contributed by atoms with E-state index in [9.17, 15) is 4.39 Å². The Morgan fingerprint density at radius 2 is 1.90 bits per heavy atom. The zero-order valence-corrected chi connectivity index (χ0v) is 17.8. The number of halogens is 2. The minimum Gasteiger partial charge on any atom is -0.490 e. The van der Waals surface area contributed by atoms with Gasteiger partial charge in [-0.1, -0.05) is 48.2 Å². The van der Waals surface area contributed by atoms with Crippen molar-refractivity contribution in [2.75, 3.05) is 11.9 Å². The smallest absolute Gasteiger partial charge is 0.243 e. The molecule has 0 aliphatic carbocycles. The van der Waals surface area contributed by atoms with E-state index < -0.39 is 0 Å². The number of anilines is 1. The molecule has 9 heteroatoms. The van der Waals surface area contributed by atoms with Crippen LogP contribution in [0.25, 0.3) is 0 Å². The second-order valence-corrected chi connectivity index (χ2v) is 7.04. The summed E-state index contributed by atoms with van der Waals surface area (Å²) in [4.78, 5) is 0. The Morgan fingerprint density at radius 3 is 2.67 bits per heavy atom. The third-order valence-electron chi connectivity index (χ3n) is 4.45. The van der Waals surface area contributed by atoms with Crippen LogP contribution in [0.5, 0.6) is 11.5 Å². The molecule has 0 radical (unpaired) electrons. The molecule has 0 aliphatic rings. The molecule has 30 heavy (non-hydrogen) atoms. The van der Waals surface area contributed by atoms with Crippen molar-refractivity contribution in [1.82, 2.24) is 20.2 Å². The van der Waals surface area contributed by atoms with Crippen molar-refractivity contribution >= 4 is 17.5 Å². The zero-order valence-electron chi connectivity index (χ0n) is 17.1. The molecule has 0 saturated carbocycles. The summed E-state index contributed by atoms with van der Waals surface area (Å²) in [5, 5.41) is 15.4. The topological polar surface area (TPSA) is 74.1 Å². The Bertz CT molecular complexity index is 966. The van der Waals surface area contributed by atoms with Crippen LogP contribution < -0.4 is 14.8 Å². The summed E-state index contributed by atoms with van der Waals surface area (Å²) in [5.41, 5.74) is 1.27. The second-order valence-electron chi connectivity index (χ2n) is 6.64. The number of tetrazole rings is 1. The fourth-order valence-corrected chi connectivity index (χ4v) is 3.05. The highest BCUT2D eigenvalue weighted by Gasteiger charge is 2.14. The van der Waals surface area contributed by atoms with Crippen LogP contribution >= 0.6 is 11.6 Å². The summed E-state index contributed by atoms with van der Waals surface area (Å²) in [6, 6.07) is 9.99. The maximum Gasteiger partial charge on any atom is 0.243 e. The number of benzene rings is 2. The summed E-state index contributed by atoms with van der Waals surface area (Å²) in [5.74, 6) is 1.27. The van der Waals surface area contributed by atoms with Crippen molar-refractivity contribution < 1.29 is 13.9 Å². The van der Waals surface area contributed by atoms with Crippen molar-refractivity contribution in [2.45, 2.75) is 46.4 Å². The average Bonchev–Trinajstić information content (AvgIpc) is 3.19. The van der Waals surface area contributed by atoms with Crippen LogP contribution in [0.1, 0.15) is 37.8 Å². The van der Waals surface area contributed by atoms with Gasteiger partial charge in [-0.05, 0) is 41.5 Å². The first-order valence-electron chi connectivity index (χ1n) is 9.93. The molecule has 0 bridgehead atoms. The van der Waals surface area contributed by atoms with E-state index >= 15 is 0 Å². The monoisotopic (exact) mass is 433 g/mol. The summed E-state index contributed by atoms with van der Waals surface area (Å²) >= 11 is 6.47. The number of nitrogens with zero attached hydrogens (tertiary/aromatic N) is 4. The van der Waals surface area contributed by atoms with Gasteiger partial charge in [0.1, 0.15) is 12.4 Å². The van der Waals surface area contributed by atoms with E-state index in [1.807, 2.05) is 13.0 Å². The van der Waals surface area contributed by atoms with Gasteiger partial charge in [0.15, 0.2) is 11.5 Å². The molecular formula is C21H25ClFN5O2. The Labute approximate surface area is 180 Å². The highest BCUT2D eigenvalue weighted by atomic mass is 35.5. The Balaban J connectivity index is 1.72. The van der Waals surface area contributed by atoms with E-state index in [4.69, 9.17) is 21.1 Å². The summed E-state index contributed by atoms with van der Waals surface area (Å²) in [6.45, 7) is 5.69. The molecule has 1 heterocycles. The number of hydrogen-bond acceptors (Lipinski definition) is 6. The lowest BCUT2D eigenvalue weighted by Crippen LogP contribution is -2.10. The lowest BCUT2D eigenvalue weighted by Gasteiger charge is -2.15. The number of aromatic nitrogens is 4. The van der Waals surface area contributed by atoms with Gasteiger partial charge in [-0.3, -0.25) is 0 Å². The number of hydrogen-bond donors (Lipinski definition) is 1. The van der Waals surface area contributed by atoms with Gasteiger partial charge in [0.05, 0.1) is 6.61 Å². The van der Waals surface area contributed by atoms with E-state index in [-0.39, 0.29) is 12.4 Å². The minimum absolute atomic E-state index is 0.0763. The van der Waals surface area contributed by atoms with E-state index in [0.717, 1.165) is 24.9 Å². The first-order valence-corrected chi connectivity index (χ1v) is 10.3. The summed E-state index contributed by atoms with van der Waals surface area (Å²) in [6.07, 6.45) is 2.04. The Kier molecular flexibility index (Phi) is 7.84. The predicted octanol–water partition coefficient (Wildman–Crippen LogP) is 4.86. The number of unbranched alkanes of at least 4 members (excludes halogenated alkanes) is 1. The first-order chi connectivity index (χ1) is 14.6. The van der Waals surface area contributed by atoms with Gasteiger partial charge >= 0.3 is 0 Å². The number of aryl methyl sites for hydroxylation is 1. The molecule has 1 aromatic heterocycles. The lowest BCUT2D eigenvalue weighted by atomic mass is 10.2. The molecule has 0 amide bonds. The molecular weight excluding hydrogens is 409 g/mol. The molecule has 1 N–H and O–H groups in total. The molecule has 0 saturated heterocycles. The van der Waals surface area contributed by atoms with Crippen LogP contribution in [0.15, 0.2) is 36.4 Å². The van der Waals surface area contributed by atoms with E-state index in [1.54, 1.807) is 28.9 Å². The third kappa shape index (κ3) is 5.60. The van der Waals surface area contributed by atoms with Gasteiger partial charge in [-0.2, -0.15) is 0 Å². The van der Waals surface area contributed by atoms with Crippen LogP contribution in [0.4, 0.5) is 10.3 Å². The normalized spacial score (nSPS) is 10.8. The molecule has 0 unspecified atom stereocenters. The van der Waals surface area contributed by atoms with Crippen molar-refractivity contribution in [3.8, 4) is 11.5 Å². The highest BCUT2D eigenvalue weighted by Crippen LogP contribution is 2.34. The van der Waals surface area contributed by atoms with Crippen LogP contribution in [-0.2, 0) is 19.7 Å². The molecule has 0 spiro atoms. The molecule has 0 atom stereocenters. The van der Waals surface area contributed by atoms with E-state index in [1.165, 1.54) is 6.07 Å². The summed E-state index contributed by atoms with van der Waals surface area (Å²) < 4.78 is 27.1. The predicted molar refractivity (Wildman–Crippen MR) is 113 cm³/mol. The number of nitrogens with one attached hydrogen (secondary N) is 1. The van der Waals surface area contributed by atoms with Crippen molar-refractivity contribution in [1.29, 1.82) is 0 Å². The molecule has 3 aromatic rings. The molecule has 2 aromatic carbocycles. The van der Waals surface area contributed by atoms with Gasteiger partial charge in [-0.25, -0.2) is 9.07 Å². The molecule has 0 fully saturated rings. The van der Waals surface area contributed by atoms with E-state index in [2.05, 4.69) is 27.8 Å². The quantitative estimate of drug-likeness (QED) is 0.465. The van der Waals surface area contributed by atoms with Crippen LogP contribution in [0.3, 0.4) is 0 Å². The van der Waals surface area contributed by atoms with Crippen molar-refractivity contribution in [2.24, 2.45) is 0 Å². The maximum absolute atomic E-state index is 13.9. The summed E-state index contributed by atoms with van der Waals surface area (Å²) in [7, 11) is 0. The maximum atomic E-state index is 13.9. The lowest BCUT2D eigenvalue weighted by molar-refractivity contribution is 0.265. The molecule has 160 valence electrons. The van der Waals surface area contributed by atoms with Gasteiger partial charge in [-0.15, -0.1) is 0 Å². The SMILES string of the molecule is CCCCn1nnnc1NCc1cc(OCC)c(OCc2ccccc2F)cc1Cl. The van der Waals surface area contributed by atoms with Crippen LogP contribution in [-0.4, -0.2) is 26.8 Å². The minimum atomic E-state index is -0.317. The van der Waals surface area contributed by atoms with Gasteiger partial charge in [0.25, 0.3) is 0 Å². The van der Waals surface area contributed by atoms with Crippen LogP contribution in [0, 0.1) is 5.82 Å². The van der Waals surface area contributed by atoms with Gasteiger partial charge in [0.2, 0.25) is 5.95 Å².